The molecular formula is C17H11Cl2FO3. The van der Waals surface area contributed by atoms with Crippen molar-refractivity contribution < 1.29 is 13.5 Å². The molecule has 23 heavy (non-hydrogen) atoms. The van der Waals surface area contributed by atoms with Crippen molar-refractivity contribution in [2.45, 2.75) is 13.5 Å². The third kappa shape index (κ3) is 3.19. The van der Waals surface area contributed by atoms with Crippen LogP contribution in [0.4, 0.5) is 4.39 Å². The number of hydrogen-bond donors (Lipinski definition) is 0. The Labute approximate surface area is 141 Å². The third-order valence-electron chi connectivity index (χ3n) is 3.46. The van der Waals surface area contributed by atoms with Crippen molar-refractivity contribution in [1.82, 2.24) is 0 Å². The van der Waals surface area contributed by atoms with Gasteiger partial charge in [0.1, 0.15) is 28.8 Å². The summed E-state index contributed by atoms with van der Waals surface area (Å²) < 4.78 is 23.7. The number of benzene rings is 2. The minimum Gasteiger partial charge on any atom is -0.487 e. The van der Waals surface area contributed by atoms with Gasteiger partial charge in [-0.1, -0.05) is 35.3 Å². The number of halogens is 3. The van der Waals surface area contributed by atoms with E-state index >= 15 is 0 Å². The predicted molar refractivity (Wildman–Crippen MR) is 88.0 cm³/mol. The molecule has 3 nitrogen and oxygen atoms in total. The maximum Gasteiger partial charge on any atom is 0.355 e. The van der Waals surface area contributed by atoms with Crippen molar-refractivity contribution in [3.63, 3.8) is 0 Å². The molecule has 0 bridgehead atoms. The van der Waals surface area contributed by atoms with E-state index in [1.165, 1.54) is 12.1 Å². The highest BCUT2D eigenvalue weighted by atomic mass is 35.5. The number of rotatable bonds is 3. The monoisotopic (exact) mass is 352 g/mol. The van der Waals surface area contributed by atoms with E-state index in [1.54, 1.807) is 31.2 Å². The van der Waals surface area contributed by atoms with Gasteiger partial charge in [0.2, 0.25) is 0 Å². The Balaban J connectivity index is 1.95. The Morgan fingerprint density at radius 3 is 2.57 bits per heavy atom. The SMILES string of the molecule is Cc1c(Cl)c(=O)oc2cc(OCc3ccc(F)cc3)c(Cl)cc12. The van der Waals surface area contributed by atoms with Crippen molar-refractivity contribution in [3.8, 4) is 5.75 Å². The molecule has 0 unspecified atom stereocenters. The lowest BCUT2D eigenvalue weighted by molar-refractivity contribution is 0.306. The van der Waals surface area contributed by atoms with Gasteiger partial charge in [0.15, 0.2) is 0 Å². The largest absolute Gasteiger partial charge is 0.487 e. The standard InChI is InChI=1S/C17H11Cl2FO3/c1-9-12-6-13(18)15(7-14(12)23-17(21)16(9)19)22-8-10-2-4-11(20)5-3-10/h2-7H,8H2,1H3. The van der Waals surface area contributed by atoms with Crippen molar-refractivity contribution in [1.29, 1.82) is 0 Å². The molecule has 0 spiro atoms. The first-order valence-electron chi connectivity index (χ1n) is 6.75. The summed E-state index contributed by atoms with van der Waals surface area (Å²) in [7, 11) is 0. The minimum absolute atomic E-state index is 0.0357. The van der Waals surface area contributed by atoms with Crippen LogP contribution in [0.1, 0.15) is 11.1 Å². The molecule has 6 heteroatoms. The Morgan fingerprint density at radius 2 is 1.87 bits per heavy atom. The van der Waals surface area contributed by atoms with Gasteiger partial charge in [-0.05, 0) is 36.2 Å². The fraction of sp³-hybridized carbons (Fsp3) is 0.118. The number of hydrogen-bond acceptors (Lipinski definition) is 3. The van der Waals surface area contributed by atoms with Crippen LogP contribution in [0, 0.1) is 12.7 Å². The van der Waals surface area contributed by atoms with Gasteiger partial charge in [0.05, 0.1) is 5.02 Å². The van der Waals surface area contributed by atoms with Crippen LogP contribution in [0.5, 0.6) is 5.75 Å². The molecule has 1 aromatic heterocycles. The summed E-state index contributed by atoms with van der Waals surface area (Å²) in [6, 6.07) is 9.13. The van der Waals surface area contributed by atoms with Crippen LogP contribution in [-0.4, -0.2) is 0 Å². The van der Waals surface area contributed by atoms with Crippen LogP contribution >= 0.6 is 23.2 Å². The van der Waals surface area contributed by atoms with Gasteiger partial charge in [-0.2, -0.15) is 0 Å². The molecule has 118 valence electrons. The van der Waals surface area contributed by atoms with Crippen molar-refractivity contribution in [2.75, 3.05) is 0 Å². The van der Waals surface area contributed by atoms with Gasteiger partial charge in [0.25, 0.3) is 0 Å². The van der Waals surface area contributed by atoms with E-state index in [1.807, 2.05) is 0 Å². The highest BCUT2D eigenvalue weighted by molar-refractivity contribution is 6.33. The maximum absolute atomic E-state index is 12.9. The molecule has 0 aliphatic carbocycles. The van der Waals surface area contributed by atoms with Crippen LogP contribution < -0.4 is 10.4 Å². The quantitative estimate of drug-likeness (QED) is 0.613. The highest BCUT2D eigenvalue weighted by Gasteiger charge is 2.13. The lowest BCUT2D eigenvalue weighted by Crippen LogP contribution is -2.02. The van der Waals surface area contributed by atoms with Crippen LogP contribution in [0.2, 0.25) is 10.0 Å². The number of fused-ring (bicyclic) bond motifs is 1. The second kappa shape index (κ2) is 6.22. The van der Waals surface area contributed by atoms with E-state index in [0.717, 1.165) is 5.56 Å². The van der Waals surface area contributed by atoms with Gasteiger partial charge >= 0.3 is 5.63 Å². The first-order valence-corrected chi connectivity index (χ1v) is 7.51. The zero-order valence-corrected chi connectivity index (χ0v) is 13.5. The summed E-state index contributed by atoms with van der Waals surface area (Å²) in [4.78, 5) is 11.7. The lowest BCUT2D eigenvalue weighted by Gasteiger charge is -2.10. The molecule has 0 amide bonds. The topological polar surface area (TPSA) is 39.4 Å². The molecule has 0 aliphatic heterocycles. The smallest absolute Gasteiger partial charge is 0.355 e. The molecule has 2 aromatic carbocycles. The zero-order valence-electron chi connectivity index (χ0n) is 12.0. The van der Waals surface area contributed by atoms with E-state index in [-0.39, 0.29) is 17.4 Å². The number of aryl methyl sites for hydroxylation is 1. The van der Waals surface area contributed by atoms with Gasteiger partial charge in [-0.15, -0.1) is 0 Å². The number of ether oxygens (including phenoxy) is 1. The Hall–Kier alpha value is -2.04. The molecule has 0 radical (unpaired) electrons. The average molecular weight is 353 g/mol. The first kappa shape index (κ1) is 15.8. The fourth-order valence-electron chi connectivity index (χ4n) is 2.18. The fourth-order valence-corrected chi connectivity index (χ4v) is 2.54. The second-order valence-electron chi connectivity index (χ2n) is 5.02. The molecule has 0 aliphatic rings. The Kier molecular flexibility index (Phi) is 4.28. The summed E-state index contributed by atoms with van der Waals surface area (Å²) in [6.07, 6.45) is 0. The maximum atomic E-state index is 12.9. The Morgan fingerprint density at radius 1 is 1.17 bits per heavy atom. The van der Waals surface area contributed by atoms with Gasteiger partial charge < -0.3 is 9.15 Å². The van der Waals surface area contributed by atoms with E-state index in [4.69, 9.17) is 32.4 Å². The average Bonchev–Trinajstić information content (AvgIpc) is 2.53. The van der Waals surface area contributed by atoms with E-state index in [2.05, 4.69) is 0 Å². The second-order valence-corrected chi connectivity index (χ2v) is 5.81. The molecule has 1 heterocycles. The molecular weight excluding hydrogens is 342 g/mol. The van der Waals surface area contributed by atoms with E-state index < -0.39 is 5.63 Å². The molecule has 0 N–H and O–H groups in total. The summed E-state index contributed by atoms with van der Waals surface area (Å²) in [5, 5.41) is 1.05. The zero-order chi connectivity index (χ0) is 16.6. The normalized spacial score (nSPS) is 11.0. The van der Waals surface area contributed by atoms with Crippen LogP contribution in [-0.2, 0) is 6.61 Å². The van der Waals surface area contributed by atoms with Crippen molar-refractivity contribution in [3.05, 3.63) is 73.8 Å². The van der Waals surface area contributed by atoms with E-state index in [0.29, 0.717) is 27.3 Å². The van der Waals surface area contributed by atoms with Crippen LogP contribution in [0.25, 0.3) is 11.0 Å². The molecule has 0 fully saturated rings. The molecule has 0 saturated heterocycles. The molecule has 0 saturated carbocycles. The van der Waals surface area contributed by atoms with E-state index in [9.17, 15) is 9.18 Å². The molecule has 3 aromatic rings. The van der Waals surface area contributed by atoms with Gasteiger partial charge in [-0.3, -0.25) is 0 Å². The van der Waals surface area contributed by atoms with Crippen LogP contribution in [0.15, 0.2) is 45.6 Å². The first-order chi connectivity index (χ1) is 11.0. The Bertz CT molecular complexity index is 933. The lowest BCUT2D eigenvalue weighted by atomic mass is 10.1. The summed E-state index contributed by atoms with van der Waals surface area (Å²) in [5.41, 5.74) is 1.13. The predicted octanol–water partition coefficient (Wildman–Crippen LogP) is 5.13. The summed E-state index contributed by atoms with van der Waals surface area (Å²) in [6.45, 7) is 1.93. The third-order valence-corrected chi connectivity index (χ3v) is 4.19. The van der Waals surface area contributed by atoms with Gasteiger partial charge in [-0.25, -0.2) is 9.18 Å². The summed E-state index contributed by atoms with van der Waals surface area (Å²) >= 11 is 12.1. The molecule has 0 atom stereocenters. The molecule has 3 rings (SSSR count). The van der Waals surface area contributed by atoms with Crippen molar-refractivity contribution in [2.24, 2.45) is 0 Å². The highest BCUT2D eigenvalue weighted by Crippen LogP contribution is 2.33. The minimum atomic E-state index is -0.608. The van der Waals surface area contributed by atoms with Gasteiger partial charge in [0, 0.05) is 11.5 Å². The van der Waals surface area contributed by atoms with Crippen molar-refractivity contribution >= 4 is 34.2 Å². The summed E-state index contributed by atoms with van der Waals surface area (Å²) in [5.74, 6) is 0.0555. The van der Waals surface area contributed by atoms with Crippen LogP contribution in [0.3, 0.4) is 0 Å².